The van der Waals surface area contributed by atoms with E-state index in [4.69, 9.17) is 4.74 Å². The predicted octanol–water partition coefficient (Wildman–Crippen LogP) is 3.50. The fourth-order valence-electron chi connectivity index (χ4n) is 3.70. The highest BCUT2D eigenvalue weighted by Gasteiger charge is 2.30. The third kappa shape index (κ3) is 3.68. The van der Waals surface area contributed by atoms with Gasteiger partial charge in [-0.15, -0.1) is 0 Å². The molecule has 0 unspecified atom stereocenters. The lowest BCUT2D eigenvalue weighted by Crippen LogP contribution is -2.38. The third-order valence-corrected chi connectivity index (χ3v) is 5.43. The molecule has 1 N–H and O–H groups in total. The number of rotatable bonds is 3. The molecule has 27 heavy (non-hydrogen) atoms. The van der Waals surface area contributed by atoms with Gasteiger partial charge in [-0.2, -0.15) is 0 Å². The fourth-order valence-corrected chi connectivity index (χ4v) is 3.70. The Kier molecular flexibility index (Phi) is 4.84. The Labute approximate surface area is 159 Å². The van der Waals surface area contributed by atoms with E-state index in [1.807, 2.05) is 41.3 Å². The molecule has 2 aromatic carbocycles. The van der Waals surface area contributed by atoms with Gasteiger partial charge in [-0.05, 0) is 42.5 Å². The van der Waals surface area contributed by atoms with Crippen molar-refractivity contribution in [3.63, 3.8) is 0 Å². The zero-order valence-corrected chi connectivity index (χ0v) is 15.5. The van der Waals surface area contributed by atoms with E-state index in [0.29, 0.717) is 23.6 Å². The number of ether oxygens (including phenoxy) is 1. The van der Waals surface area contributed by atoms with Gasteiger partial charge in [0.15, 0.2) is 6.10 Å². The monoisotopic (exact) mass is 364 g/mol. The van der Waals surface area contributed by atoms with Gasteiger partial charge in [-0.25, -0.2) is 0 Å². The van der Waals surface area contributed by atoms with E-state index in [0.717, 1.165) is 37.2 Å². The van der Waals surface area contributed by atoms with E-state index in [1.165, 1.54) is 0 Å². The first-order valence-electron chi connectivity index (χ1n) is 9.55. The van der Waals surface area contributed by atoms with Crippen LogP contribution in [0.15, 0.2) is 48.5 Å². The molecular weight excluding hydrogens is 340 g/mol. The van der Waals surface area contributed by atoms with Crippen LogP contribution < -0.4 is 10.1 Å². The van der Waals surface area contributed by atoms with Crippen molar-refractivity contribution >= 4 is 17.5 Å². The van der Waals surface area contributed by atoms with Crippen molar-refractivity contribution < 1.29 is 14.3 Å². The molecule has 2 aromatic rings. The molecule has 0 spiro atoms. The summed E-state index contributed by atoms with van der Waals surface area (Å²) in [4.78, 5) is 27.6. The number of piperidine rings is 1. The third-order valence-electron chi connectivity index (χ3n) is 5.43. The highest BCUT2D eigenvalue weighted by atomic mass is 16.5. The summed E-state index contributed by atoms with van der Waals surface area (Å²) in [6.45, 7) is 3.75. The summed E-state index contributed by atoms with van der Waals surface area (Å²) in [6.07, 6.45) is 2.02. The number of para-hydroxylation sites is 2. The van der Waals surface area contributed by atoms with Crippen molar-refractivity contribution in [2.75, 3.05) is 18.4 Å². The zero-order chi connectivity index (χ0) is 18.8. The number of carbonyl (C=O) groups is 2. The Bertz CT molecular complexity index is 831. The van der Waals surface area contributed by atoms with Crippen LogP contribution in [0.5, 0.6) is 5.75 Å². The van der Waals surface area contributed by atoms with Crippen molar-refractivity contribution in [3.8, 4) is 5.75 Å². The normalized spacial score (nSPS) is 19.3. The zero-order valence-electron chi connectivity index (χ0n) is 15.5. The van der Waals surface area contributed by atoms with E-state index in [1.54, 1.807) is 12.1 Å². The van der Waals surface area contributed by atoms with Crippen LogP contribution in [-0.2, 0) is 11.2 Å². The van der Waals surface area contributed by atoms with Crippen LogP contribution in [0, 0.1) is 5.92 Å². The van der Waals surface area contributed by atoms with Crippen LogP contribution in [0.3, 0.4) is 0 Å². The van der Waals surface area contributed by atoms with Crippen molar-refractivity contribution in [1.82, 2.24) is 4.90 Å². The lowest BCUT2D eigenvalue weighted by molar-refractivity contribution is -0.122. The molecule has 2 amide bonds. The molecule has 0 aliphatic carbocycles. The molecule has 5 heteroatoms. The number of amides is 2. The van der Waals surface area contributed by atoms with Crippen LogP contribution in [0.1, 0.15) is 35.7 Å². The number of benzene rings is 2. The SMILES string of the molecule is CC1CCN(C(=O)c2ccccc2NC(=O)[C@H]2Cc3ccccc3O2)CC1. The maximum Gasteiger partial charge on any atom is 0.265 e. The minimum Gasteiger partial charge on any atom is -0.480 e. The second-order valence-electron chi connectivity index (χ2n) is 7.43. The quantitative estimate of drug-likeness (QED) is 0.907. The number of hydrogen-bond acceptors (Lipinski definition) is 3. The molecule has 2 aliphatic rings. The average Bonchev–Trinajstić information content (AvgIpc) is 3.13. The lowest BCUT2D eigenvalue weighted by atomic mass is 9.98. The van der Waals surface area contributed by atoms with Gasteiger partial charge >= 0.3 is 0 Å². The van der Waals surface area contributed by atoms with Crippen LogP contribution in [0.25, 0.3) is 0 Å². The lowest BCUT2D eigenvalue weighted by Gasteiger charge is -2.30. The molecule has 1 atom stereocenters. The summed E-state index contributed by atoms with van der Waals surface area (Å²) in [5.41, 5.74) is 2.12. The van der Waals surface area contributed by atoms with E-state index in [2.05, 4.69) is 12.2 Å². The molecule has 2 aliphatic heterocycles. The molecule has 1 saturated heterocycles. The Morgan fingerprint density at radius 2 is 1.74 bits per heavy atom. The van der Waals surface area contributed by atoms with Gasteiger partial charge in [0, 0.05) is 19.5 Å². The fraction of sp³-hybridized carbons (Fsp3) is 0.364. The molecule has 140 valence electrons. The summed E-state index contributed by atoms with van der Waals surface area (Å²) < 4.78 is 5.76. The molecular formula is C22H24N2O3. The summed E-state index contributed by atoms with van der Waals surface area (Å²) in [5.74, 6) is 1.17. The Balaban J connectivity index is 1.47. The van der Waals surface area contributed by atoms with Gasteiger partial charge < -0.3 is 15.0 Å². The van der Waals surface area contributed by atoms with Gasteiger partial charge in [-0.3, -0.25) is 9.59 Å². The van der Waals surface area contributed by atoms with Crippen LogP contribution in [0.4, 0.5) is 5.69 Å². The number of fused-ring (bicyclic) bond motifs is 1. The number of anilines is 1. The van der Waals surface area contributed by atoms with Crippen molar-refractivity contribution in [3.05, 3.63) is 59.7 Å². The minimum atomic E-state index is -0.568. The van der Waals surface area contributed by atoms with Crippen molar-refractivity contribution in [1.29, 1.82) is 0 Å². The average molecular weight is 364 g/mol. The topological polar surface area (TPSA) is 58.6 Å². The number of nitrogens with one attached hydrogen (secondary N) is 1. The van der Waals surface area contributed by atoms with E-state index in [-0.39, 0.29) is 11.8 Å². The number of hydrogen-bond donors (Lipinski definition) is 1. The van der Waals surface area contributed by atoms with Crippen molar-refractivity contribution in [2.24, 2.45) is 5.92 Å². The largest absolute Gasteiger partial charge is 0.480 e. The van der Waals surface area contributed by atoms with E-state index < -0.39 is 6.10 Å². The summed E-state index contributed by atoms with van der Waals surface area (Å²) >= 11 is 0. The van der Waals surface area contributed by atoms with Gasteiger partial charge in [0.25, 0.3) is 11.8 Å². The Morgan fingerprint density at radius 1 is 1.04 bits per heavy atom. The van der Waals surface area contributed by atoms with Gasteiger partial charge in [0.05, 0.1) is 11.3 Å². The number of likely N-dealkylation sites (tertiary alicyclic amines) is 1. The first-order valence-corrected chi connectivity index (χ1v) is 9.55. The van der Waals surface area contributed by atoms with Gasteiger partial charge in [-0.1, -0.05) is 37.3 Å². The smallest absolute Gasteiger partial charge is 0.265 e. The molecule has 0 saturated carbocycles. The highest BCUT2D eigenvalue weighted by Crippen LogP contribution is 2.29. The Hall–Kier alpha value is -2.82. The summed E-state index contributed by atoms with van der Waals surface area (Å²) in [5, 5.41) is 2.90. The minimum absolute atomic E-state index is 0.0200. The van der Waals surface area contributed by atoms with Crippen LogP contribution >= 0.6 is 0 Å². The molecule has 0 bridgehead atoms. The molecule has 2 heterocycles. The van der Waals surface area contributed by atoms with Gasteiger partial charge in [0.1, 0.15) is 5.75 Å². The predicted molar refractivity (Wildman–Crippen MR) is 104 cm³/mol. The molecule has 1 fully saturated rings. The molecule has 4 rings (SSSR count). The molecule has 0 radical (unpaired) electrons. The number of carbonyl (C=O) groups excluding carboxylic acids is 2. The molecule has 0 aromatic heterocycles. The van der Waals surface area contributed by atoms with E-state index in [9.17, 15) is 9.59 Å². The number of nitrogens with zero attached hydrogens (tertiary/aromatic N) is 1. The maximum absolute atomic E-state index is 13.0. The highest BCUT2D eigenvalue weighted by molar-refractivity contribution is 6.04. The van der Waals surface area contributed by atoms with Crippen LogP contribution in [-0.4, -0.2) is 35.9 Å². The second kappa shape index (κ2) is 7.43. The first-order chi connectivity index (χ1) is 13.1. The Morgan fingerprint density at radius 3 is 2.52 bits per heavy atom. The standard InChI is InChI=1S/C22H24N2O3/c1-15-10-12-24(13-11-15)22(26)17-7-3-4-8-18(17)23-21(25)20-14-16-6-2-5-9-19(16)27-20/h2-9,15,20H,10-14H2,1H3,(H,23,25)/t20-/m1/s1. The van der Waals surface area contributed by atoms with E-state index >= 15 is 0 Å². The summed E-state index contributed by atoms with van der Waals surface area (Å²) in [6, 6.07) is 14.9. The van der Waals surface area contributed by atoms with Gasteiger partial charge in [0.2, 0.25) is 0 Å². The maximum atomic E-state index is 13.0. The summed E-state index contributed by atoms with van der Waals surface area (Å²) in [7, 11) is 0. The first kappa shape index (κ1) is 17.6. The van der Waals surface area contributed by atoms with Crippen molar-refractivity contribution in [2.45, 2.75) is 32.3 Å². The van der Waals surface area contributed by atoms with Crippen LogP contribution in [0.2, 0.25) is 0 Å². The second-order valence-corrected chi connectivity index (χ2v) is 7.43. The molecule has 5 nitrogen and oxygen atoms in total.